The average molecular weight is 743 g/mol. The van der Waals surface area contributed by atoms with Crippen molar-refractivity contribution in [1.82, 2.24) is 5.32 Å². The van der Waals surface area contributed by atoms with Crippen LogP contribution in [0.15, 0.2) is 24.3 Å². The Morgan fingerprint density at radius 3 is 1.45 bits per heavy atom. The van der Waals surface area contributed by atoms with Gasteiger partial charge in [0.05, 0.1) is 25.4 Å². The summed E-state index contributed by atoms with van der Waals surface area (Å²) in [6.07, 6.45) is 43.6. The number of rotatable bonds is 40. The molecule has 0 aliphatic heterocycles. The molecule has 0 aliphatic carbocycles. The van der Waals surface area contributed by atoms with Gasteiger partial charge < -0.3 is 21.1 Å². The van der Waals surface area contributed by atoms with E-state index in [0.717, 1.165) is 38.5 Å². The first kappa shape index (κ1) is 50.0. The number of phosphoric ester groups is 1. The largest absolute Gasteiger partial charge is 0.472 e. The fourth-order valence-electron chi connectivity index (χ4n) is 6.24. The fourth-order valence-corrected chi connectivity index (χ4v) is 7.00. The van der Waals surface area contributed by atoms with E-state index in [1.54, 1.807) is 6.08 Å². The van der Waals surface area contributed by atoms with Crippen LogP contribution in [0.1, 0.15) is 206 Å². The zero-order valence-corrected chi connectivity index (χ0v) is 34.2. The smallest absolute Gasteiger partial charge is 0.387 e. The van der Waals surface area contributed by atoms with Gasteiger partial charge in [0.1, 0.15) is 0 Å². The Bertz CT molecular complexity index is 855. The summed E-state index contributed by atoms with van der Waals surface area (Å²) < 4.78 is 22.1. The lowest BCUT2D eigenvalue weighted by atomic mass is 10.0. The van der Waals surface area contributed by atoms with Crippen molar-refractivity contribution in [2.75, 3.05) is 19.8 Å². The van der Waals surface area contributed by atoms with Crippen molar-refractivity contribution < 1.29 is 28.4 Å². The van der Waals surface area contributed by atoms with Crippen LogP contribution in [-0.2, 0) is 18.4 Å². The molecule has 0 bridgehead atoms. The van der Waals surface area contributed by atoms with Gasteiger partial charge in [0.15, 0.2) is 0 Å². The van der Waals surface area contributed by atoms with Crippen molar-refractivity contribution in [3.63, 3.8) is 0 Å². The molecule has 3 atom stereocenters. The number of phosphoric acid groups is 1. The lowest BCUT2D eigenvalue weighted by Gasteiger charge is -2.23. The Hall–Kier alpha value is -1.02. The first-order valence-electron chi connectivity index (χ1n) is 21.5. The maximum absolute atomic E-state index is 12.7. The van der Waals surface area contributed by atoms with E-state index in [0.29, 0.717) is 6.42 Å². The molecule has 0 aromatic carbocycles. The minimum absolute atomic E-state index is 0.0787. The highest BCUT2D eigenvalue weighted by Crippen LogP contribution is 2.43. The van der Waals surface area contributed by atoms with Gasteiger partial charge in [0.2, 0.25) is 5.91 Å². The quantitative estimate of drug-likeness (QED) is 0.0279. The second-order valence-corrected chi connectivity index (χ2v) is 16.0. The van der Waals surface area contributed by atoms with Gasteiger partial charge in [0, 0.05) is 13.0 Å². The normalized spacial score (nSPS) is 14.4. The molecule has 9 heteroatoms. The average Bonchev–Trinajstić information content (AvgIpc) is 3.12. The van der Waals surface area contributed by atoms with Crippen molar-refractivity contribution in [2.24, 2.45) is 5.73 Å². The zero-order valence-electron chi connectivity index (χ0n) is 33.4. The first-order valence-corrected chi connectivity index (χ1v) is 23.0. The van der Waals surface area contributed by atoms with E-state index in [2.05, 4.69) is 31.3 Å². The molecular weight excluding hydrogens is 659 g/mol. The molecule has 0 aromatic rings. The van der Waals surface area contributed by atoms with E-state index in [4.69, 9.17) is 14.8 Å². The van der Waals surface area contributed by atoms with Crippen LogP contribution in [0.3, 0.4) is 0 Å². The number of nitrogens with two attached hydrogens (primary N) is 1. The molecule has 0 aliphatic rings. The van der Waals surface area contributed by atoms with Gasteiger partial charge in [-0.25, -0.2) is 4.57 Å². The molecular formula is C42H83N2O6P. The predicted octanol–water partition coefficient (Wildman–Crippen LogP) is 11.8. The zero-order chi connectivity index (χ0) is 37.5. The lowest BCUT2D eigenvalue weighted by molar-refractivity contribution is -0.123. The highest BCUT2D eigenvalue weighted by Gasteiger charge is 2.26. The number of unbranched alkanes of at least 4 members (excludes halogenated alkanes) is 26. The Morgan fingerprint density at radius 1 is 0.627 bits per heavy atom. The molecule has 0 aromatic heterocycles. The molecule has 1 amide bonds. The van der Waals surface area contributed by atoms with Crippen LogP contribution in [0, 0.1) is 0 Å². The number of allylic oxidation sites excluding steroid dienone is 3. The number of carbonyl (C=O) groups excluding carboxylic acids is 1. The molecule has 51 heavy (non-hydrogen) atoms. The van der Waals surface area contributed by atoms with Gasteiger partial charge in [-0.15, -0.1) is 0 Å². The highest BCUT2D eigenvalue weighted by molar-refractivity contribution is 7.47. The Morgan fingerprint density at radius 2 is 1.02 bits per heavy atom. The summed E-state index contributed by atoms with van der Waals surface area (Å²) in [6, 6.07) is -0.859. The summed E-state index contributed by atoms with van der Waals surface area (Å²) >= 11 is 0. The minimum Gasteiger partial charge on any atom is -0.387 e. The van der Waals surface area contributed by atoms with Gasteiger partial charge in [0.25, 0.3) is 0 Å². The summed E-state index contributed by atoms with van der Waals surface area (Å²) in [7, 11) is -4.33. The molecule has 8 nitrogen and oxygen atoms in total. The fraction of sp³-hybridized carbons (Fsp3) is 0.881. The van der Waals surface area contributed by atoms with Crippen molar-refractivity contribution in [3.05, 3.63) is 24.3 Å². The van der Waals surface area contributed by atoms with Crippen molar-refractivity contribution >= 4 is 13.7 Å². The topological polar surface area (TPSA) is 131 Å². The molecule has 0 saturated heterocycles. The van der Waals surface area contributed by atoms with Crippen LogP contribution in [0.25, 0.3) is 0 Å². The van der Waals surface area contributed by atoms with Crippen molar-refractivity contribution in [1.29, 1.82) is 0 Å². The molecule has 0 radical (unpaired) electrons. The third kappa shape index (κ3) is 37.1. The molecule has 3 unspecified atom stereocenters. The summed E-state index contributed by atoms with van der Waals surface area (Å²) in [5, 5.41) is 13.6. The number of amides is 1. The van der Waals surface area contributed by atoms with Crippen LogP contribution in [0.2, 0.25) is 0 Å². The minimum atomic E-state index is -4.33. The molecule has 5 N–H and O–H groups in total. The number of hydrogen-bond acceptors (Lipinski definition) is 6. The third-order valence-electron chi connectivity index (χ3n) is 9.52. The number of carbonyl (C=O) groups is 1. The number of aliphatic hydroxyl groups is 1. The second kappa shape index (κ2) is 38.7. The summed E-state index contributed by atoms with van der Waals surface area (Å²) in [5.41, 5.74) is 5.37. The van der Waals surface area contributed by atoms with Crippen LogP contribution in [-0.4, -0.2) is 47.8 Å². The van der Waals surface area contributed by atoms with Crippen molar-refractivity contribution in [3.8, 4) is 0 Å². The van der Waals surface area contributed by atoms with E-state index in [9.17, 15) is 19.4 Å². The van der Waals surface area contributed by atoms with Gasteiger partial charge in [-0.2, -0.15) is 0 Å². The van der Waals surface area contributed by atoms with Gasteiger partial charge >= 0.3 is 7.82 Å². The van der Waals surface area contributed by atoms with Crippen LogP contribution in [0.5, 0.6) is 0 Å². The van der Waals surface area contributed by atoms with E-state index < -0.39 is 20.0 Å². The van der Waals surface area contributed by atoms with Crippen LogP contribution < -0.4 is 11.1 Å². The molecule has 0 rings (SSSR count). The molecule has 0 saturated carbocycles. The molecule has 0 fully saturated rings. The Kier molecular flexibility index (Phi) is 37.9. The number of nitrogens with one attached hydrogen (secondary N) is 1. The first-order chi connectivity index (χ1) is 24.9. The Labute approximate surface area is 315 Å². The second-order valence-electron chi connectivity index (χ2n) is 14.6. The SMILES string of the molecule is CCCCCCCCC/C=C\CCCCCCCCCC(=O)NC(COP(=O)(O)OCCN)C(O)/C=C/CCCCCCCCCCCCCC. The maximum Gasteiger partial charge on any atom is 0.472 e. The summed E-state index contributed by atoms with van der Waals surface area (Å²) in [4.78, 5) is 22.7. The monoisotopic (exact) mass is 743 g/mol. The molecule has 0 heterocycles. The third-order valence-corrected chi connectivity index (χ3v) is 10.5. The number of hydrogen-bond donors (Lipinski definition) is 4. The lowest BCUT2D eigenvalue weighted by Crippen LogP contribution is -2.45. The van der Waals surface area contributed by atoms with Gasteiger partial charge in [-0.3, -0.25) is 13.8 Å². The predicted molar refractivity (Wildman–Crippen MR) is 217 cm³/mol. The van der Waals surface area contributed by atoms with Gasteiger partial charge in [-0.05, 0) is 44.9 Å². The van der Waals surface area contributed by atoms with E-state index in [1.165, 1.54) is 148 Å². The van der Waals surface area contributed by atoms with Gasteiger partial charge in [-0.1, -0.05) is 179 Å². The van der Waals surface area contributed by atoms with Crippen LogP contribution >= 0.6 is 7.82 Å². The van der Waals surface area contributed by atoms with E-state index in [-0.39, 0.29) is 25.7 Å². The maximum atomic E-state index is 12.7. The molecule has 0 spiro atoms. The summed E-state index contributed by atoms with van der Waals surface area (Å²) in [6.45, 7) is 4.13. The molecule has 302 valence electrons. The standard InChI is InChI=1S/C42H83N2O6P/c1-3-5-7-9-11-13-15-17-19-20-21-22-24-26-28-30-32-34-36-42(46)44-40(39-50-51(47,48)49-38-37-43)41(45)35-33-31-29-27-25-23-18-16-14-12-10-8-6-4-2/h19-20,33,35,40-41,45H,3-18,21-32,34,36-39,43H2,1-2H3,(H,44,46)(H,47,48)/b20-19-,35-33+. The highest BCUT2D eigenvalue weighted by atomic mass is 31.2. The summed E-state index contributed by atoms with van der Waals surface area (Å²) in [5.74, 6) is -0.198. The van der Waals surface area contributed by atoms with E-state index >= 15 is 0 Å². The van der Waals surface area contributed by atoms with Crippen molar-refractivity contribution in [2.45, 2.75) is 219 Å². The Balaban J connectivity index is 4.21. The van der Waals surface area contributed by atoms with E-state index in [1.807, 2.05) is 6.08 Å². The van der Waals surface area contributed by atoms with Crippen LogP contribution in [0.4, 0.5) is 0 Å². The number of aliphatic hydroxyl groups excluding tert-OH is 1.